The van der Waals surface area contributed by atoms with Crippen LogP contribution in [0.1, 0.15) is 62.8 Å². The number of hydrogen-bond acceptors (Lipinski definition) is 5. The number of aryl methyl sites for hydroxylation is 1. The fourth-order valence-corrected chi connectivity index (χ4v) is 5.46. The molecular formula is C26H32N4O4. The van der Waals surface area contributed by atoms with Gasteiger partial charge >= 0.3 is 6.09 Å². The van der Waals surface area contributed by atoms with Gasteiger partial charge in [-0.05, 0) is 51.2 Å². The molecule has 2 amide bonds. The van der Waals surface area contributed by atoms with Crippen molar-refractivity contribution in [2.75, 3.05) is 18.0 Å². The average Bonchev–Trinajstić information content (AvgIpc) is 3.25. The van der Waals surface area contributed by atoms with Crippen molar-refractivity contribution in [1.29, 1.82) is 0 Å². The number of imidazole rings is 1. The maximum Gasteiger partial charge on any atom is 0.410 e. The Labute approximate surface area is 199 Å². The van der Waals surface area contributed by atoms with E-state index in [-0.39, 0.29) is 23.9 Å². The molecule has 0 unspecified atom stereocenters. The molecule has 3 heterocycles. The predicted octanol–water partition coefficient (Wildman–Crippen LogP) is 3.39. The van der Waals surface area contributed by atoms with Gasteiger partial charge in [0.25, 0.3) is 0 Å². The number of aromatic nitrogens is 2. The molecule has 180 valence electrons. The number of Topliss-reactive ketones (excluding diaryl/α,β-unsaturated/α-hetero) is 1. The Kier molecular flexibility index (Phi) is 5.70. The zero-order valence-corrected chi connectivity index (χ0v) is 20.2. The van der Waals surface area contributed by atoms with Gasteiger partial charge in [0.05, 0.1) is 24.9 Å². The quantitative estimate of drug-likeness (QED) is 0.654. The fourth-order valence-electron chi connectivity index (χ4n) is 5.46. The molecule has 8 heteroatoms. The number of rotatable bonds is 6. The van der Waals surface area contributed by atoms with Gasteiger partial charge in [0, 0.05) is 30.9 Å². The molecule has 0 radical (unpaired) electrons. The minimum atomic E-state index is -0.747. The van der Waals surface area contributed by atoms with Gasteiger partial charge in [-0.1, -0.05) is 25.1 Å². The molecule has 0 bridgehead atoms. The van der Waals surface area contributed by atoms with Crippen molar-refractivity contribution in [1.82, 2.24) is 14.5 Å². The van der Waals surface area contributed by atoms with Crippen LogP contribution in [0.15, 0.2) is 24.3 Å². The Morgan fingerprint density at radius 3 is 2.62 bits per heavy atom. The molecule has 34 heavy (non-hydrogen) atoms. The van der Waals surface area contributed by atoms with E-state index >= 15 is 0 Å². The number of hydrogen-bond donors (Lipinski definition) is 0. The molecular weight excluding hydrogens is 432 g/mol. The van der Waals surface area contributed by atoms with E-state index in [0.717, 1.165) is 54.1 Å². The van der Waals surface area contributed by atoms with Crippen LogP contribution in [0.3, 0.4) is 0 Å². The number of para-hydroxylation sites is 1. The number of likely N-dealkylation sites (tertiary alicyclic amines) is 1. The second-order valence-corrected chi connectivity index (χ2v) is 9.89. The summed E-state index contributed by atoms with van der Waals surface area (Å²) in [5.41, 5.74) is 3.26. The smallest absolute Gasteiger partial charge is 0.410 e. The summed E-state index contributed by atoms with van der Waals surface area (Å²) >= 11 is 0. The van der Waals surface area contributed by atoms with Crippen LogP contribution < -0.4 is 4.90 Å². The van der Waals surface area contributed by atoms with Crippen molar-refractivity contribution in [3.05, 3.63) is 47.0 Å². The second kappa shape index (κ2) is 8.56. The van der Waals surface area contributed by atoms with Crippen molar-refractivity contribution in [2.45, 2.75) is 77.5 Å². The molecule has 0 N–H and O–H groups in total. The topological polar surface area (TPSA) is 84.7 Å². The van der Waals surface area contributed by atoms with Crippen molar-refractivity contribution >= 4 is 23.5 Å². The number of carbonyl (C=O) groups excluding carboxylic acids is 3. The van der Waals surface area contributed by atoms with E-state index in [1.807, 2.05) is 49.6 Å². The van der Waals surface area contributed by atoms with E-state index in [2.05, 4.69) is 0 Å². The zero-order valence-electron chi connectivity index (χ0n) is 20.2. The predicted molar refractivity (Wildman–Crippen MR) is 127 cm³/mol. The van der Waals surface area contributed by atoms with E-state index in [1.54, 1.807) is 9.80 Å². The van der Waals surface area contributed by atoms with Crippen LogP contribution in [0.4, 0.5) is 10.5 Å². The number of ketones is 1. The van der Waals surface area contributed by atoms with Crippen LogP contribution in [-0.4, -0.2) is 51.4 Å². The molecule has 1 aromatic heterocycles. The highest BCUT2D eigenvalue weighted by molar-refractivity contribution is 6.09. The summed E-state index contributed by atoms with van der Waals surface area (Å²) in [6.45, 7) is 6.75. The summed E-state index contributed by atoms with van der Waals surface area (Å²) in [5.74, 6) is 0.913. The van der Waals surface area contributed by atoms with Gasteiger partial charge in [-0.15, -0.1) is 0 Å². The van der Waals surface area contributed by atoms with E-state index in [1.165, 1.54) is 0 Å². The Balaban J connectivity index is 1.45. The van der Waals surface area contributed by atoms with Crippen molar-refractivity contribution < 1.29 is 19.1 Å². The maximum atomic E-state index is 13.8. The first-order valence-electron chi connectivity index (χ1n) is 12.3. The molecule has 0 saturated carbocycles. The largest absolute Gasteiger partial charge is 0.447 e. The highest BCUT2D eigenvalue weighted by atomic mass is 16.6. The molecule has 0 atom stereocenters. The lowest BCUT2D eigenvalue weighted by Gasteiger charge is -2.46. The normalized spacial score (nSPS) is 18.2. The van der Waals surface area contributed by atoms with E-state index in [0.29, 0.717) is 32.6 Å². The third-order valence-electron chi connectivity index (χ3n) is 7.22. The summed E-state index contributed by atoms with van der Waals surface area (Å²) in [5, 5.41) is 0. The number of nitrogens with zero attached hydrogens (tertiary/aromatic N) is 4. The van der Waals surface area contributed by atoms with Gasteiger partial charge in [-0.25, -0.2) is 9.78 Å². The maximum absolute atomic E-state index is 13.8. The van der Waals surface area contributed by atoms with Crippen LogP contribution in [0.2, 0.25) is 0 Å². The molecule has 1 fully saturated rings. The van der Waals surface area contributed by atoms with Gasteiger partial charge in [0.15, 0.2) is 5.78 Å². The SMILES string of the molecule is CCC(=O)Cn1c(CN2C(=O)C3(CN(C(=O)OC(C)C)C3)c3ccccc32)nc2c1CCCC2. The van der Waals surface area contributed by atoms with Gasteiger partial charge in [-0.2, -0.15) is 0 Å². The molecule has 8 nitrogen and oxygen atoms in total. The molecule has 5 rings (SSSR count). The van der Waals surface area contributed by atoms with Gasteiger partial charge < -0.3 is 19.1 Å². The van der Waals surface area contributed by atoms with Gasteiger partial charge in [0.2, 0.25) is 5.91 Å². The number of carbonyl (C=O) groups is 3. The van der Waals surface area contributed by atoms with Crippen molar-refractivity contribution in [3.8, 4) is 0 Å². The van der Waals surface area contributed by atoms with Crippen molar-refractivity contribution in [2.24, 2.45) is 0 Å². The van der Waals surface area contributed by atoms with E-state index < -0.39 is 5.41 Å². The number of anilines is 1. The van der Waals surface area contributed by atoms with E-state index in [4.69, 9.17) is 9.72 Å². The first-order chi connectivity index (χ1) is 16.3. The highest BCUT2D eigenvalue weighted by Gasteiger charge is 2.59. The summed E-state index contributed by atoms with van der Waals surface area (Å²) in [4.78, 5) is 46.9. The lowest BCUT2D eigenvalue weighted by molar-refractivity contribution is -0.128. The first-order valence-corrected chi connectivity index (χ1v) is 12.3. The Bertz CT molecular complexity index is 1150. The minimum Gasteiger partial charge on any atom is -0.447 e. The standard InChI is InChI=1S/C26H32N4O4/c1-4-18(31)13-29-22-12-8-6-10-20(22)27-23(29)14-30-21-11-7-5-9-19(21)26(24(30)32)15-28(16-26)25(33)34-17(2)3/h5,7,9,11,17H,4,6,8,10,12-16H2,1-3H3. The van der Waals surface area contributed by atoms with Crippen LogP contribution in [0, 0.1) is 0 Å². The number of benzene rings is 1. The Hall–Kier alpha value is -3.16. The van der Waals surface area contributed by atoms with Crippen LogP contribution >= 0.6 is 0 Å². The second-order valence-electron chi connectivity index (χ2n) is 9.89. The van der Waals surface area contributed by atoms with Crippen LogP contribution in [0.5, 0.6) is 0 Å². The molecule has 2 aliphatic heterocycles. The Morgan fingerprint density at radius 2 is 1.88 bits per heavy atom. The lowest BCUT2D eigenvalue weighted by atomic mass is 9.75. The average molecular weight is 465 g/mol. The lowest BCUT2D eigenvalue weighted by Crippen LogP contribution is -2.65. The third-order valence-corrected chi connectivity index (χ3v) is 7.22. The van der Waals surface area contributed by atoms with Crippen LogP contribution in [0.25, 0.3) is 0 Å². The number of ether oxygens (including phenoxy) is 1. The molecule has 3 aliphatic rings. The van der Waals surface area contributed by atoms with Gasteiger partial charge in [0.1, 0.15) is 11.2 Å². The van der Waals surface area contributed by atoms with E-state index in [9.17, 15) is 14.4 Å². The third kappa shape index (κ3) is 3.60. The summed E-state index contributed by atoms with van der Waals surface area (Å²) < 4.78 is 7.38. The summed E-state index contributed by atoms with van der Waals surface area (Å²) in [6, 6.07) is 7.81. The highest BCUT2D eigenvalue weighted by Crippen LogP contribution is 2.48. The molecule has 1 aromatic carbocycles. The van der Waals surface area contributed by atoms with Crippen LogP contribution in [-0.2, 0) is 45.7 Å². The molecule has 2 aromatic rings. The van der Waals surface area contributed by atoms with Gasteiger partial charge in [-0.3, -0.25) is 9.59 Å². The molecule has 1 aliphatic carbocycles. The Morgan fingerprint density at radius 1 is 1.15 bits per heavy atom. The summed E-state index contributed by atoms with van der Waals surface area (Å²) in [6.07, 6.45) is 3.91. The first kappa shape index (κ1) is 22.6. The number of fused-ring (bicyclic) bond motifs is 3. The fraction of sp³-hybridized carbons (Fsp3) is 0.538. The number of amides is 2. The molecule has 1 saturated heterocycles. The molecule has 1 spiro atoms. The minimum absolute atomic E-state index is 0.0170. The monoisotopic (exact) mass is 464 g/mol. The van der Waals surface area contributed by atoms with Crippen molar-refractivity contribution in [3.63, 3.8) is 0 Å². The zero-order chi connectivity index (χ0) is 24.0. The summed E-state index contributed by atoms with van der Waals surface area (Å²) in [7, 11) is 0.